The van der Waals surface area contributed by atoms with E-state index in [1.165, 1.54) is 0 Å². The second kappa shape index (κ2) is 16.0. The maximum absolute atomic E-state index is 13.5. The van der Waals surface area contributed by atoms with Crippen LogP contribution in [0, 0.1) is 13.8 Å². The van der Waals surface area contributed by atoms with Crippen molar-refractivity contribution in [3.8, 4) is 33.4 Å². The van der Waals surface area contributed by atoms with Crippen molar-refractivity contribution in [2.24, 2.45) is 0 Å². The average molecular weight is 778 g/mol. The molecule has 0 fully saturated rings. The molecule has 6 rings (SSSR count). The molecule has 54 heavy (non-hydrogen) atoms. The zero-order valence-electron chi connectivity index (χ0n) is 29.3. The van der Waals surface area contributed by atoms with Crippen LogP contribution in [0.4, 0.5) is 0 Å². The molecule has 0 amide bonds. The number of hydrogen-bond donors (Lipinski definition) is 6. The predicted molar refractivity (Wildman–Crippen MR) is 206 cm³/mol. The number of halogens is 2. The van der Waals surface area contributed by atoms with Crippen LogP contribution in [-0.2, 0) is 22.7 Å². The third-order valence-corrected chi connectivity index (χ3v) is 10.3. The van der Waals surface area contributed by atoms with Crippen molar-refractivity contribution < 1.29 is 30.0 Å². The van der Waals surface area contributed by atoms with Gasteiger partial charge in [0.15, 0.2) is 0 Å². The van der Waals surface area contributed by atoms with Gasteiger partial charge in [0.25, 0.3) is 11.1 Å². The van der Waals surface area contributed by atoms with Gasteiger partial charge in [0.05, 0.1) is 23.3 Å². The molecule has 2 atom stereocenters. The molecule has 14 nitrogen and oxygen atoms in total. The van der Waals surface area contributed by atoms with Gasteiger partial charge < -0.3 is 49.0 Å². The van der Waals surface area contributed by atoms with Crippen molar-refractivity contribution in [2.75, 3.05) is 26.3 Å². The second-order valence-corrected chi connectivity index (χ2v) is 13.6. The van der Waals surface area contributed by atoms with E-state index >= 15 is 0 Å². The van der Waals surface area contributed by atoms with Crippen LogP contribution >= 0.6 is 23.2 Å². The van der Waals surface area contributed by atoms with Crippen molar-refractivity contribution >= 4 is 46.2 Å². The van der Waals surface area contributed by atoms with Crippen LogP contribution in [-0.4, -0.2) is 88.7 Å². The molecule has 6 N–H and O–H groups in total. The molecule has 2 aromatic carbocycles. The van der Waals surface area contributed by atoms with E-state index in [2.05, 4.69) is 10.6 Å². The molecule has 282 valence electrons. The fourth-order valence-electron chi connectivity index (χ4n) is 6.59. The quantitative estimate of drug-likeness (QED) is 0.0900. The summed E-state index contributed by atoms with van der Waals surface area (Å²) in [5, 5.41) is 43.3. The topological polar surface area (TPSA) is 192 Å². The van der Waals surface area contributed by atoms with Crippen molar-refractivity contribution in [1.82, 2.24) is 28.6 Å². The highest BCUT2D eigenvalue weighted by Gasteiger charge is 2.20. The van der Waals surface area contributed by atoms with Gasteiger partial charge in [-0.2, -0.15) is 0 Å². The summed E-state index contributed by atoms with van der Waals surface area (Å²) in [7, 11) is 0. The minimum atomic E-state index is -1.18. The number of aliphatic hydroxyl groups excluding tert-OH is 2. The summed E-state index contributed by atoms with van der Waals surface area (Å²) >= 11 is 14.2. The molecule has 6 aromatic rings. The number of aliphatic carboxylic acids is 2. The highest BCUT2D eigenvalue weighted by atomic mass is 35.5. The van der Waals surface area contributed by atoms with Crippen molar-refractivity contribution in [1.29, 1.82) is 0 Å². The maximum atomic E-state index is 13.5. The molecule has 0 saturated heterocycles. The van der Waals surface area contributed by atoms with Gasteiger partial charge in [-0.1, -0.05) is 59.6 Å². The smallest absolute Gasteiger partial charge is 0.323 e. The Labute approximate surface area is 318 Å². The van der Waals surface area contributed by atoms with Crippen LogP contribution < -0.4 is 21.8 Å². The lowest BCUT2D eigenvalue weighted by Crippen LogP contribution is -2.42. The molecule has 0 aliphatic carbocycles. The Morgan fingerprint density at radius 1 is 0.648 bits per heavy atom. The van der Waals surface area contributed by atoms with Crippen LogP contribution in [0.15, 0.2) is 82.9 Å². The summed E-state index contributed by atoms with van der Waals surface area (Å²) in [6, 6.07) is 12.3. The Kier molecular flexibility index (Phi) is 11.4. The normalized spacial score (nSPS) is 12.8. The molecule has 4 heterocycles. The van der Waals surface area contributed by atoms with E-state index < -0.39 is 37.2 Å². The number of carboxylic acids is 2. The molecule has 0 spiro atoms. The first-order valence-corrected chi connectivity index (χ1v) is 17.8. The first-order chi connectivity index (χ1) is 25.8. The maximum Gasteiger partial charge on any atom is 0.323 e. The van der Waals surface area contributed by atoms with Gasteiger partial charge in [-0.05, 0) is 26.0 Å². The van der Waals surface area contributed by atoms with Crippen molar-refractivity contribution in [3.63, 3.8) is 0 Å². The van der Waals surface area contributed by atoms with E-state index in [4.69, 9.17) is 23.2 Å². The third kappa shape index (κ3) is 7.44. The van der Waals surface area contributed by atoms with E-state index in [0.717, 1.165) is 0 Å². The average Bonchev–Trinajstić information content (AvgIpc) is 3.76. The zero-order valence-corrected chi connectivity index (χ0v) is 30.8. The van der Waals surface area contributed by atoms with Gasteiger partial charge in [0, 0.05) is 95.7 Å². The SMILES string of the molecule is Cc1cn2cc(-c3cccc(-c4cccc(-c5cc6c(=O)n(CCN[C@@H](CO)C(=O)O)c(C)cn6c5)c4Cl)c3Cl)cc2c(=O)n1CCN[C@@H](CO)C(=O)O. The Bertz CT molecular complexity index is 2350. The first kappa shape index (κ1) is 38.5. The van der Waals surface area contributed by atoms with Gasteiger partial charge in [0.2, 0.25) is 0 Å². The van der Waals surface area contributed by atoms with Gasteiger partial charge in [-0.25, -0.2) is 0 Å². The van der Waals surface area contributed by atoms with Crippen molar-refractivity contribution in [3.05, 3.63) is 115 Å². The number of nitrogens with one attached hydrogen (secondary N) is 2. The molecule has 0 saturated carbocycles. The Morgan fingerprint density at radius 3 is 1.37 bits per heavy atom. The monoisotopic (exact) mass is 776 g/mol. The molecule has 16 heteroatoms. The number of nitrogens with zero attached hydrogens (tertiary/aromatic N) is 4. The molecule has 0 radical (unpaired) electrons. The van der Waals surface area contributed by atoms with Crippen LogP contribution in [0.3, 0.4) is 0 Å². The molecule has 0 unspecified atom stereocenters. The van der Waals surface area contributed by atoms with Crippen LogP contribution in [0.25, 0.3) is 44.4 Å². The van der Waals surface area contributed by atoms with Crippen molar-refractivity contribution in [2.45, 2.75) is 39.0 Å². The van der Waals surface area contributed by atoms with Crippen LogP contribution in [0.1, 0.15) is 11.4 Å². The van der Waals surface area contributed by atoms with Gasteiger partial charge in [-0.3, -0.25) is 19.2 Å². The second-order valence-electron chi connectivity index (χ2n) is 12.9. The molecular weight excluding hydrogens is 739 g/mol. The number of aromatic nitrogens is 4. The number of hydrogen-bond acceptors (Lipinski definition) is 8. The summed E-state index contributed by atoms with van der Waals surface area (Å²) in [4.78, 5) is 49.6. The fraction of sp³-hybridized carbons (Fsp3) is 0.263. The highest BCUT2D eigenvalue weighted by Crippen LogP contribution is 2.42. The first-order valence-electron chi connectivity index (χ1n) is 17.0. The summed E-state index contributed by atoms with van der Waals surface area (Å²) in [6.45, 7) is 3.13. The molecule has 0 bridgehead atoms. The van der Waals surface area contributed by atoms with E-state index in [1.54, 1.807) is 56.3 Å². The fourth-order valence-corrected chi connectivity index (χ4v) is 7.26. The van der Waals surface area contributed by atoms with E-state index in [0.29, 0.717) is 65.8 Å². The minimum Gasteiger partial charge on any atom is -0.480 e. The third-order valence-electron chi connectivity index (χ3n) is 9.45. The molecule has 0 aliphatic heterocycles. The lowest BCUT2D eigenvalue weighted by atomic mass is 9.97. The Hall–Kier alpha value is -5.22. The van der Waals surface area contributed by atoms with E-state index in [9.17, 15) is 39.6 Å². The number of carbonyl (C=O) groups is 2. The number of aliphatic hydroxyl groups is 2. The number of carboxylic acid groups (broad SMARTS) is 2. The molecule has 4 aromatic heterocycles. The largest absolute Gasteiger partial charge is 0.480 e. The lowest BCUT2D eigenvalue weighted by molar-refractivity contribution is -0.141. The lowest BCUT2D eigenvalue weighted by Gasteiger charge is -2.14. The van der Waals surface area contributed by atoms with Gasteiger partial charge >= 0.3 is 11.9 Å². The summed E-state index contributed by atoms with van der Waals surface area (Å²) in [5.41, 5.74) is 5.63. The molecular formula is C38H38Cl2N6O8. The number of rotatable bonds is 15. The Morgan fingerprint density at radius 2 is 1.02 bits per heavy atom. The number of aryl methyl sites for hydroxylation is 2. The van der Waals surface area contributed by atoms with Gasteiger partial charge in [0.1, 0.15) is 23.1 Å². The summed E-state index contributed by atoms with van der Waals surface area (Å²) in [5.74, 6) is -2.36. The summed E-state index contributed by atoms with van der Waals surface area (Å²) < 4.78 is 6.54. The zero-order chi connectivity index (χ0) is 38.8. The minimum absolute atomic E-state index is 0.160. The summed E-state index contributed by atoms with van der Waals surface area (Å²) in [6.07, 6.45) is 7.24. The molecule has 0 aliphatic rings. The highest BCUT2D eigenvalue weighted by molar-refractivity contribution is 6.39. The number of fused-ring (bicyclic) bond motifs is 2. The van der Waals surface area contributed by atoms with Crippen LogP contribution in [0.2, 0.25) is 10.0 Å². The van der Waals surface area contributed by atoms with E-state index in [-0.39, 0.29) is 37.3 Å². The standard InChI is InChI=1S/C38H38Cl2N6O8/c1-21-15-43-17-23(13-31(43)35(49)45(21)11-9-41-29(19-47)37(51)52)25-5-3-7-27(33(25)39)28-8-4-6-26(34(28)40)24-14-32-36(50)46(22(2)16-44(32)18-24)12-10-42-30(20-48)38(53)54/h3-8,13-18,29-30,41-42,47-48H,9-12,19-20H2,1-2H3,(H,51,52)(H,53,54)/t29-,30-/m0/s1. The van der Waals surface area contributed by atoms with Crippen LogP contribution in [0.5, 0.6) is 0 Å². The predicted octanol–water partition coefficient (Wildman–Crippen LogP) is 3.51. The van der Waals surface area contributed by atoms with Gasteiger partial charge in [-0.15, -0.1) is 0 Å². The van der Waals surface area contributed by atoms with E-state index in [1.807, 2.05) is 48.8 Å². The Balaban J connectivity index is 1.30. The number of benzene rings is 2.